The Morgan fingerprint density at radius 1 is 1.25 bits per heavy atom. The first-order chi connectivity index (χ1) is 9.22. The van der Waals surface area contributed by atoms with E-state index in [0.29, 0.717) is 0 Å². The van der Waals surface area contributed by atoms with Crippen LogP contribution in [0.2, 0.25) is 0 Å². The Bertz CT molecular complexity index is 617. The van der Waals surface area contributed by atoms with E-state index in [2.05, 4.69) is 17.4 Å². The molecule has 0 saturated carbocycles. The summed E-state index contributed by atoms with van der Waals surface area (Å²) in [5, 5.41) is 2.85. The van der Waals surface area contributed by atoms with Gasteiger partial charge < -0.3 is 27.0 Å². The van der Waals surface area contributed by atoms with Crippen LogP contribution >= 0.6 is 0 Å². The van der Waals surface area contributed by atoms with Crippen LogP contribution in [0.15, 0.2) is 48.8 Å². The number of halogens is 1. The second kappa shape index (κ2) is 6.05. The molecule has 2 heterocycles. The standard InChI is InChI=1S/C15H14N2O2.BrH/c1-11-15(18)16-13-10-17(8-7-14(13)19-11)9-12-5-3-2-4-6-12;/h2-8,10-11H,9H2,1H3;1H. The third-order valence-electron chi connectivity index (χ3n) is 3.12. The van der Waals surface area contributed by atoms with E-state index in [1.165, 1.54) is 5.56 Å². The van der Waals surface area contributed by atoms with E-state index >= 15 is 0 Å². The quantitative estimate of drug-likeness (QED) is 0.697. The molecular formula is C15H15BrN2O2. The van der Waals surface area contributed by atoms with Gasteiger partial charge in [-0.15, -0.1) is 0 Å². The summed E-state index contributed by atoms with van der Waals surface area (Å²) in [7, 11) is 0. The number of aromatic nitrogens is 1. The molecule has 0 saturated heterocycles. The number of fused-ring (bicyclic) bond motifs is 1. The van der Waals surface area contributed by atoms with Crippen LogP contribution in [0.3, 0.4) is 0 Å². The summed E-state index contributed by atoms with van der Waals surface area (Å²) in [6.07, 6.45) is 3.42. The maximum absolute atomic E-state index is 11.6. The van der Waals surface area contributed by atoms with Crippen LogP contribution in [-0.2, 0) is 11.3 Å². The van der Waals surface area contributed by atoms with Crippen LogP contribution in [0.5, 0.6) is 5.75 Å². The van der Waals surface area contributed by atoms with Gasteiger partial charge in [-0.2, -0.15) is 4.57 Å². The molecule has 0 bridgehead atoms. The van der Waals surface area contributed by atoms with Gasteiger partial charge >= 0.3 is 0 Å². The average molecular weight is 335 g/mol. The molecule has 20 heavy (non-hydrogen) atoms. The minimum Gasteiger partial charge on any atom is -1.00 e. The SMILES string of the molecule is CC1Oc2cc[n+](Cc3ccccc3)cc2NC1=O.[Br-]. The molecule has 1 amide bonds. The van der Waals surface area contributed by atoms with Gasteiger partial charge in [-0.1, -0.05) is 30.3 Å². The molecule has 0 spiro atoms. The van der Waals surface area contributed by atoms with Gasteiger partial charge in [0.05, 0.1) is 0 Å². The van der Waals surface area contributed by atoms with Crippen LogP contribution in [0.1, 0.15) is 12.5 Å². The number of amides is 1. The van der Waals surface area contributed by atoms with Crippen molar-refractivity contribution in [3.05, 3.63) is 54.4 Å². The number of nitrogens with zero attached hydrogens (tertiary/aromatic N) is 1. The molecule has 1 aliphatic rings. The van der Waals surface area contributed by atoms with Crippen LogP contribution in [0.25, 0.3) is 0 Å². The Kier molecular flexibility index (Phi) is 4.39. The fourth-order valence-electron chi connectivity index (χ4n) is 2.09. The second-order valence-electron chi connectivity index (χ2n) is 4.63. The molecule has 1 aromatic heterocycles. The molecule has 104 valence electrons. The summed E-state index contributed by atoms with van der Waals surface area (Å²) in [6, 6.07) is 12.1. The zero-order valence-corrected chi connectivity index (χ0v) is 12.6. The minimum absolute atomic E-state index is 0. The maximum Gasteiger partial charge on any atom is 0.265 e. The highest BCUT2D eigenvalue weighted by Gasteiger charge is 2.25. The lowest BCUT2D eigenvalue weighted by molar-refractivity contribution is -0.687. The van der Waals surface area contributed by atoms with Crippen molar-refractivity contribution in [2.24, 2.45) is 0 Å². The second-order valence-corrected chi connectivity index (χ2v) is 4.63. The number of rotatable bonds is 2. The molecule has 4 nitrogen and oxygen atoms in total. The summed E-state index contributed by atoms with van der Waals surface area (Å²) in [6.45, 7) is 2.50. The first kappa shape index (κ1) is 14.5. The number of pyridine rings is 1. The van der Waals surface area contributed by atoms with Crippen LogP contribution in [0, 0.1) is 0 Å². The fraction of sp³-hybridized carbons (Fsp3) is 0.200. The topological polar surface area (TPSA) is 42.2 Å². The van der Waals surface area contributed by atoms with E-state index in [0.717, 1.165) is 18.0 Å². The molecule has 3 rings (SSSR count). The van der Waals surface area contributed by atoms with Gasteiger partial charge in [-0.05, 0) is 6.92 Å². The highest BCUT2D eigenvalue weighted by Crippen LogP contribution is 2.27. The van der Waals surface area contributed by atoms with Crippen molar-refractivity contribution in [2.45, 2.75) is 19.6 Å². The van der Waals surface area contributed by atoms with Gasteiger partial charge in [0.2, 0.25) is 0 Å². The smallest absolute Gasteiger partial charge is 0.265 e. The molecule has 1 N–H and O–H groups in total. The molecule has 5 heteroatoms. The molecule has 1 unspecified atom stereocenters. The zero-order valence-electron chi connectivity index (χ0n) is 11.0. The number of carbonyl (C=O) groups excluding carboxylic acids is 1. The Morgan fingerprint density at radius 3 is 2.75 bits per heavy atom. The van der Waals surface area contributed by atoms with Crippen molar-refractivity contribution in [3.63, 3.8) is 0 Å². The lowest BCUT2D eigenvalue weighted by Gasteiger charge is -2.21. The number of anilines is 1. The molecule has 1 atom stereocenters. The first-order valence-electron chi connectivity index (χ1n) is 6.27. The van der Waals surface area contributed by atoms with E-state index < -0.39 is 6.10 Å². The van der Waals surface area contributed by atoms with Crippen molar-refractivity contribution in [2.75, 3.05) is 5.32 Å². The minimum atomic E-state index is -0.433. The van der Waals surface area contributed by atoms with Crippen molar-refractivity contribution < 1.29 is 31.1 Å². The monoisotopic (exact) mass is 334 g/mol. The van der Waals surface area contributed by atoms with Crippen LogP contribution in [0.4, 0.5) is 5.69 Å². The number of hydrogen-bond donors (Lipinski definition) is 1. The first-order valence-corrected chi connectivity index (χ1v) is 6.27. The van der Waals surface area contributed by atoms with Crippen molar-refractivity contribution in [1.82, 2.24) is 0 Å². The normalized spacial score (nSPS) is 16.4. The number of nitrogens with one attached hydrogen (secondary N) is 1. The Morgan fingerprint density at radius 2 is 2.00 bits per heavy atom. The molecule has 1 aromatic carbocycles. The summed E-state index contributed by atoms with van der Waals surface area (Å²) in [4.78, 5) is 11.6. The van der Waals surface area contributed by atoms with E-state index in [4.69, 9.17) is 4.74 Å². The Hall–Kier alpha value is -1.88. The van der Waals surface area contributed by atoms with Gasteiger partial charge in [0.25, 0.3) is 5.91 Å². The molecule has 0 fully saturated rings. The molecule has 2 aromatic rings. The lowest BCUT2D eigenvalue weighted by atomic mass is 10.2. The Balaban J connectivity index is 0.00000147. The third-order valence-corrected chi connectivity index (χ3v) is 3.12. The Labute approximate surface area is 128 Å². The third kappa shape index (κ3) is 2.99. The largest absolute Gasteiger partial charge is 1.00 e. The summed E-state index contributed by atoms with van der Waals surface area (Å²) < 4.78 is 7.55. The highest BCUT2D eigenvalue weighted by atomic mass is 79.9. The maximum atomic E-state index is 11.6. The molecule has 0 aliphatic carbocycles. The average Bonchev–Trinajstić information content (AvgIpc) is 2.42. The van der Waals surface area contributed by atoms with Gasteiger partial charge in [0, 0.05) is 11.6 Å². The van der Waals surface area contributed by atoms with E-state index in [1.807, 2.05) is 41.2 Å². The van der Waals surface area contributed by atoms with Gasteiger partial charge in [0.1, 0.15) is 5.69 Å². The van der Waals surface area contributed by atoms with Crippen molar-refractivity contribution >= 4 is 11.6 Å². The number of carbonyl (C=O) groups is 1. The van der Waals surface area contributed by atoms with Crippen LogP contribution < -0.4 is 31.6 Å². The van der Waals surface area contributed by atoms with Crippen molar-refractivity contribution in [1.29, 1.82) is 0 Å². The van der Waals surface area contributed by atoms with E-state index in [9.17, 15) is 4.79 Å². The fourth-order valence-corrected chi connectivity index (χ4v) is 2.09. The number of ether oxygens (including phenoxy) is 1. The summed E-state index contributed by atoms with van der Waals surface area (Å²) in [5.41, 5.74) is 1.94. The van der Waals surface area contributed by atoms with E-state index in [-0.39, 0.29) is 22.9 Å². The lowest BCUT2D eigenvalue weighted by Crippen LogP contribution is -3.00. The number of hydrogen-bond acceptors (Lipinski definition) is 2. The highest BCUT2D eigenvalue weighted by molar-refractivity contribution is 5.97. The summed E-state index contributed by atoms with van der Waals surface area (Å²) >= 11 is 0. The van der Waals surface area contributed by atoms with E-state index in [1.54, 1.807) is 6.92 Å². The van der Waals surface area contributed by atoms with Crippen LogP contribution in [-0.4, -0.2) is 12.0 Å². The van der Waals surface area contributed by atoms with Gasteiger partial charge in [-0.3, -0.25) is 4.79 Å². The molecule has 0 radical (unpaired) electrons. The zero-order chi connectivity index (χ0) is 13.2. The van der Waals surface area contributed by atoms with Crippen molar-refractivity contribution in [3.8, 4) is 5.75 Å². The predicted molar refractivity (Wildman–Crippen MR) is 70.9 cm³/mol. The predicted octanol–water partition coefficient (Wildman–Crippen LogP) is -1.25. The van der Waals surface area contributed by atoms with Gasteiger partial charge in [-0.25, -0.2) is 0 Å². The molecular weight excluding hydrogens is 320 g/mol. The molecule has 1 aliphatic heterocycles. The van der Waals surface area contributed by atoms with Gasteiger partial charge in [0.15, 0.2) is 30.8 Å². The summed E-state index contributed by atoms with van der Waals surface area (Å²) in [5.74, 6) is 0.612. The number of benzene rings is 1.